The van der Waals surface area contributed by atoms with Crippen LogP contribution in [0.1, 0.15) is 52.7 Å². The quantitative estimate of drug-likeness (QED) is 0.581. The van der Waals surface area contributed by atoms with Crippen LogP contribution in [0.5, 0.6) is 0 Å². The van der Waals surface area contributed by atoms with Crippen LogP contribution in [0.3, 0.4) is 0 Å². The molecule has 0 atom stereocenters. The lowest BCUT2D eigenvalue weighted by molar-refractivity contribution is 0.381. The monoisotopic (exact) mass is 417 g/mol. The number of rotatable bonds is 7. The summed E-state index contributed by atoms with van der Waals surface area (Å²) in [6.45, 7) is 8.11. The van der Waals surface area contributed by atoms with Crippen LogP contribution in [0, 0.1) is 5.41 Å². The summed E-state index contributed by atoms with van der Waals surface area (Å²) in [5.74, 6) is 0. The lowest BCUT2D eigenvalue weighted by atomic mass is 9.75. The number of hydrogen-bond acceptors (Lipinski definition) is 3. The standard InChI is InChI=1S/C22H31N3O3S/c1-16(8-6-9-17(2)14-18-15-21(26)25-24-18)11-12-19-20(29(27,28)23-5)10-7-13-22(19,3)4/h6,8-9,11-12,14-15,23H,7,10,13H2,1-5H3,(H2,24,25,26)/b9-6+,12-11+,16-8+,17-14+. The molecule has 0 aliphatic heterocycles. The van der Waals surface area contributed by atoms with Crippen molar-refractivity contribution in [1.29, 1.82) is 0 Å². The summed E-state index contributed by atoms with van der Waals surface area (Å²) in [4.78, 5) is 11.6. The van der Waals surface area contributed by atoms with Crippen molar-refractivity contribution in [3.8, 4) is 0 Å². The van der Waals surface area contributed by atoms with E-state index in [0.717, 1.165) is 35.3 Å². The summed E-state index contributed by atoms with van der Waals surface area (Å²) < 4.78 is 27.3. The Hall–Kier alpha value is -2.38. The van der Waals surface area contributed by atoms with E-state index in [1.807, 2.05) is 50.3 Å². The molecule has 0 radical (unpaired) electrons. The fourth-order valence-electron chi connectivity index (χ4n) is 3.40. The summed E-state index contributed by atoms with van der Waals surface area (Å²) >= 11 is 0. The number of sulfonamides is 1. The van der Waals surface area contributed by atoms with E-state index < -0.39 is 10.0 Å². The first-order valence-electron chi connectivity index (χ1n) is 9.71. The van der Waals surface area contributed by atoms with Gasteiger partial charge in [-0.2, -0.15) is 0 Å². The third-order valence-corrected chi connectivity index (χ3v) is 6.67. The molecule has 7 heteroatoms. The molecular weight excluding hydrogens is 386 g/mol. The molecule has 0 bridgehead atoms. The first kappa shape index (κ1) is 22.9. The van der Waals surface area contributed by atoms with E-state index in [0.29, 0.717) is 11.3 Å². The number of aromatic amines is 2. The van der Waals surface area contributed by atoms with Crippen LogP contribution >= 0.6 is 0 Å². The topological polar surface area (TPSA) is 94.8 Å². The van der Waals surface area contributed by atoms with E-state index in [9.17, 15) is 13.2 Å². The van der Waals surface area contributed by atoms with Gasteiger partial charge in [-0.15, -0.1) is 0 Å². The van der Waals surface area contributed by atoms with E-state index in [4.69, 9.17) is 0 Å². The summed E-state index contributed by atoms with van der Waals surface area (Å²) in [5, 5.41) is 5.29. The van der Waals surface area contributed by atoms with Gasteiger partial charge in [0.15, 0.2) is 0 Å². The minimum Gasteiger partial charge on any atom is -0.298 e. The highest BCUT2D eigenvalue weighted by molar-refractivity contribution is 7.93. The average molecular weight is 418 g/mol. The van der Waals surface area contributed by atoms with Gasteiger partial charge in [0.2, 0.25) is 10.0 Å². The Bertz CT molecular complexity index is 1050. The molecule has 6 nitrogen and oxygen atoms in total. The minimum atomic E-state index is -3.44. The van der Waals surface area contributed by atoms with Crippen molar-refractivity contribution in [2.24, 2.45) is 5.41 Å². The molecule has 1 aliphatic rings. The Morgan fingerprint density at radius 1 is 1.17 bits per heavy atom. The molecule has 29 heavy (non-hydrogen) atoms. The van der Waals surface area contributed by atoms with Crippen LogP contribution in [0.2, 0.25) is 0 Å². The van der Waals surface area contributed by atoms with Crippen LogP contribution < -0.4 is 10.3 Å². The lowest BCUT2D eigenvalue weighted by Crippen LogP contribution is -2.28. The summed E-state index contributed by atoms with van der Waals surface area (Å²) in [6.07, 6.45) is 14.0. The van der Waals surface area contributed by atoms with Gasteiger partial charge in [-0.1, -0.05) is 49.8 Å². The van der Waals surface area contributed by atoms with Gasteiger partial charge in [-0.25, -0.2) is 13.1 Å². The SMILES string of the molecule is CNS(=O)(=O)C1=C(/C=C/C(C)=C/C=C/C(C)=C/c2cc(=O)[nH][nH]2)C(C)(C)CCC1. The van der Waals surface area contributed by atoms with Gasteiger partial charge in [0.05, 0.1) is 10.6 Å². The van der Waals surface area contributed by atoms with Crippen LogP contribution in [0.15, 0.2) is 62.9 Å². The van der Waals surface area contributed by atoms with Crippen molar-refractivity contribution in [3.05, 3.63) is 74.1 Å². The molecule has 1 aromatic heterocycles. The van der Waals surface area contributed by atoms with Crippen molar-refractivity contribution in [2.75, 3.05) is 7.05 Å². The zero-order chi connectivity index (χ0) is 21.7. The molecule has 0 unspecified atom stereocenters. The molecule has 1 aliphatic carbocycles. The first-order chi connectivity index (χ1) is 13.5. The Balaban J connectivity index is 2.21. The third-order valence-electron chi connectivity index (χ3n) is 5.06. The van der Waals surface area contributed by atoms with Gasteiger partial charge < -0.3 is 0 Å². The molecule has 0 aromatic carbocycles. The Kier molecular flexibility index (Phi) is 7.43. The molecule has 1 heterocycles. The van der Waals surface area contributed by atoms with Crippen molar-refractivity contribution in [2.45, 2.75) is 47.0 Å². The molecule has 0 spiro atoms. The van der Waals surface area contributed by atoms with E-state index in [-0.39, 0.29) is 11.0 Å². The van der Waals surface area contributed by atoms with E-state index in [1.54, 1.807) is 0 Å². The van der Waals surface area contributed by atoms with Crippen LogP contribution in [0.25, 0.3) is 6.08 Å². The highest BCUT2D eigenvalue weighted by atomic mass is 32.2. The fraction of sp³-hybridized carbons (Fsp3) is 0.409. The Morgan fingerprint density at radius 2 is 1.90 bits per heavy atom. The van der Waals surface area contributed by atoms with Crippen LogP contribution in [-0.4, -0.2) is 25.7 Å². The second kappa shape index (κ2) is 9.41. The molecule has 1 aromatic rings. The maximum atomic E-state index is 12.4. The molecule has 2 rings (SSSR count). The van der Waals surface area contributed by atoms with Crippen LogP contribution in [0.4, 0.5) is 0 Å². The van der Waals surface area contributed by atoms with Crippen molar-refractivity contribution >= 4 is 16.1 Å². The van der Waals surface area contributed by atoms with Crippen LogP contribution in [-0.2, 0) is 10.0 Å². The smallest absolute Gasteiger partial charge is 0.264 e. The first-order valence-corrected chi connectivity index (χ1v) is 11.2. The number of aromatic nitrogens is 2. The summed E-state index contributed by atoms with van der Waals surface area (Å²) in [5.41, 5.74) is 3.26. The highest BCUT2D eigenvalue weighted by Crippen LogP contribution is 2.42. The van der Waals surface area contributed by atoms with Gasteiger partial charge in [0, 0.05) is 6.07 Å². The predicted molar refractivity (Wildman–Crippen MR) is 120 cm³/mol. The number of nitrogens with one attached hydrogen (secondary N) is 3. The van der Waals surface area contributed by atoms with E-state index in [1.165, 1.54) is 13.1 Å². The van der Waals surface area contributed by atoms with Crippen molar-refractivity contribution < 1.29 is 8.42 Å². The number of H-pyrrole nitrogens is 2. The maximum Gasteiger partial charge on any atom is 0.264 e. The summed E-state index contributed by atoms with van der Waals surface area (Å²) in [7, 11) is -1.98. The van der Waals surface area contributed by atoms with Gasteiger partial charge >= 0.3 is 0 Å². The van der Waals surface area contributed by atoms with Crippen molar-refractivity contribution in [1.82, 2.24) is 14.9 Å². The summed E-state index contributed by atoms with van der Waals surface area (Å²) in [6, 6.07) is 1.50. The van der Waals surface area contributed by atoms with E-state index >= 15 is 0 Å². The second-order valence-corrected chi connectivity index (χ2v) is 9.90. The Morgan fingerprint density at radius 3 is 2.52 bits per heavy atom. The third kappa shape index (κ3) is 6.30. The van der Waals surface area contributed by atoms with Gasteiger partial charge in [-0.05, 0) is 62.8 Å². The predicted octanol–water partition coefficient (Wildman–Crippen LogP) is 4.18. The molecule has 0 saturated carbocycles. The molecule has 3 N–H and O–H groups in total. The number of hydrogen-bond donors (Lipinski definition) is 3. The zero-order valence-corrected chi connectivity index (χ0v) is 18.6. The zero-order valence-electron chi connectivity index (χ0n) is 17.8. The molecular formula is C22H31N3O3S. The van der Waals surface area contributed by atoms with Crippen molar-refractivity contribution in [3.63, 3.8) is 0 Å². The molecule has 158 valence electrons. The average Bonchev–Trinajstić information content (AvgIpc) is 3.04. The Labute approximate surface area is 173 Å². The molecule has 0 fully saturated rings. The normalized spacial score (nSPS) is 18.9. The largest absolute Gasteiger partial charge is 0.298 e. The van der Waals surface area contributed by atoms with Gasteiger partial charge in [0.1, 0.15) is 0 Å². The number of allylic oxidation sites excluding steroid dienone is 9. The fourth-order valence-corrected chi connectivity index (χ4v) is 4.69. The lowest BCUT2D eigenvalue weighted by Gasteiger charge is -2.33. The van der Waals surface area contributed by atoms with Gasteiger partial charge in [-0.3, -0.25) is 15.0 Å². The highest BCUT2D eigenvalue weighted by Gasteiger charge is 2.33. The second-order valence-electron chi connectivity index (χ2n) is 7.99. The molecule has 0 amide bonds. The molecule has 0 saturated heterocycles. The maximum absolute atomic E-state index is 12.4. The minimum absolute atomic E-state index is 0.159. The van der Waals surface area contributed by atoms with E-state index in [2.05, 4.69) is 28.8 Å². The van der Waals surface area contributed by atoms with Gasteiger partial charge in [0.25, 0.3) is 5.56 Å².